The smallest absolute Gasteiger partial charge is 0.416 e. The molecule has 2 aliphatic rings. The molecule has 2 fully saturated rings. The van der Waals surface area contributed by atoms with Gasteiger partial charge < -0.3 is 14.7 Å². The fourth-order valence-corrected chi connectivity index (χ4v) is 5.75. The van der Waals surface area contributed by atoms with Gasteiger partial charge in [-0.15, -0.1) is 0 Å². The number of nitrogens with zero attached hydrogens (tertiary/aromatic N) is 5. The van der Waals surface area contributed by atoms with Crippen LogP contribution in [0.25, 0.3) is 22.3 Å². The van der Waals surface area contributed by atoms with Gasteiger partial charge in [-0.3, -0.25) is 14.3 Å². The summed E-state index contributed by atoms with van der Waals surface area (Å²) in [5.41, 5.74) is 1.62. The van der Waals surface area contributed by atoms with E-state index in [4.69, 9.17) is 19.5 Å². The minimum absolute atomic E-state index is 0.0958. The van der Waals surface area contributed by atoms with E-state index in [1.807, 2.05) is 6.07 Å². The molecule has 2 atom stereocenters. The van der Waals surface area contributed by atoms with Crippen molar-refractivity contribution < 1.29 is 18.8 Å². The van der Waals surface area contributed by atoms with Crippen LogP contribution in [0.1, 0.15) is 25.5 Å². The normalized spacial score (nSPS) is 21.9. The number of rotatable bonds is 4. The fraction of sp³-hybridized carbons (Fsp3) is 0.429. The molecule has 10 nitrogen and oxygen atoms in total. The Bertz CT molecular complexity index is 1330. The molecule has 11 heteroatoms. The van der Waals surface area contributed by atoms with Gasteiger partial charge >= 0.3 is 6.09 Å². The summed E-state index contributed by atoms with van der Waals surface area (Å²) in [4.78, 5) is 27.5. The number of carboxylic acid groups (broad SMARTS) is 1. The zero-order chi connectivity index (χ0) is 22.7. The minimum Gasteiger partial charge on any atom is -0.464 e. The van der Waals surface area contributed by atoms with Crippen LogP contribution in [0.3, 0.4) is 0 Å². The summed E-state index contributed by atoms with van der Waals surface area (Å²) in [5, 5.41) is 10.1. The number of anilines is 1. The first-order valence-electron chi connectivity index (χ1n) is 10.4. The Hall–Kier alpha value is -3.05. The number of fused-ring (bicyclic) bond motifs is 1. The van der Waals surface area contributed by atoms with Crippen molar-refractivity contribution in [2.75, 3.05) is 30.9 Å². The lowest BCUT2D eigenvalue weighted by atomic mass is 10.1. The van der Waals surface area contributed by atoms with Crippen LogP contribution in [0.2, 0.25) is 0 Å². The maximum Gasteiger partial charge on any atom is 0.416 e. The topological polar surface area (TPSA) is 134 Å². The molecule has 5 rings (SSSR count). The third kappa shape index (κ3) is 3.23. The van der Waals surface area contributed by atoms with E-state index in [0.29, 0.717) is 66.4 Å². The van der Waals surface area contributed by atoms with Gasteiger partial charge in [0.05, 0.1) is 51.1 Å². The molecule has 3 aromatic heterocycles. The Labute approximate surface area is 185 Å². The number of nitrogens with one attached hydrogen (secondary N) is 1. The fourth-order valence-electron chi connectivity index (χ4n) is 4.36. The van der Waals surface area contributed by atoms with Gasteiger partial charge in [-0.1, -0.05) is 0 Å². The van der Waals surface area contributed by atoms with E-state index in [1.54, 1.807) is 12.3 Å². The first-order chi connectivity index (χ1) is 15.2. The predicted octanol–water partition coefficient (Wildman–Crippen LogP) is 2.91. The van der Waals surface area contributed by atoms with Crippen molar-refractivity contribution in [1.82, 2.24) is 19.5 Å². The Morgan fingerprint density at radius 3 is 2.78 bits per heavy atom. The van der Waals surface area contributed by atoms with Crippen LogP contribution in [-0.2, 0) is 19.2 Å². The molecule has 32 heavy (non-hydrogen) atoms. The first kappa shape index (κ1) is 20.8. The van der Waals surface area contributed by atoms with Crippen molar-refractivity contribution in [1.29, 1.82) is 4.78 Å². The molecule has 4 heterocycles. The standard InChI is InChI=1S/C21H24N6O4S/c1-13-12-31-8-7-26(13)18-9-17(21(4-5-21)32(2,22)30)24-19(25-18)15-10-23-11-16-14(15)3-6-27(16)20(28)29/h3,6,9-11,13,22H,4-5,7-8,12H2,1-2H3,(H,28,29). The maximum absolute atomic E-state index is 12.9. The molecule has 1 aliphatic heterocycles. The van der Waals surface area contributed by atoms with Crippen LogP contribution >= 0.6 is 0 Å². The van der Waals surface area contributed by atoms with Gasteiger partial charge in [0.1, 0.15) is 5.82 Å². The Balaban J connectivity index is 1.73. The lowest BCUT2D eigenvalue weighted by Crippen LogP contribution is -2.44. The summed E-state index contributed by atoms with van der Waals surface area (Å²) in [7, 11) is -2.88. The van der Waals surface area contributed by atoms with E-state index in [1.165, 1.54) is 18.6 Å². The van der Waals surface area contributed by atoms with Crippen LogP contribution in [0.4, 0.5) is 10.6 Å². The van der Waals surface area contributed by atoms with Gasteiger partial charge in [-0.2, -0.15) is 0 Å². The summed E-state index contributed by atoms with van der Waals surface area (Å²) >= 11 is 0. The van der Waals surface area contributed by atoms with Crippen molar-refractivity contribution in [3.05, 3.63) is 36.4 Å². The van der Waals surface area contributed by atoms with E-state index < -0.39 is 20.6 Å². The van der Waals surface area contributed by atoms with E-state index >= 15 is 0 Å². The number of hydrogen-bond donors (Lipinski definition) is 2. The molecular formula is C21H24N6O4S. The van der Waals surface area contributed by atoms with Crippen LogP contribution in [0, 0.1) is 4.78 Å². The summed E-state index contributed by atoms with van der Waals surface area (Å²) in [6.45, 7) is 3.85. The summed E-state index contributed by atoms with van der Waals surface area (Å²) in [6.07, 6.45) is 6.22. The van der Waals surface area contributed by atoms with Gasteiger partial charge in [0.2, 0.25) is 0 Å². The Morgan fingerprint density at radius 2 is 2.12 bits per heavy atom. The van der Waals surface area contributed by atoms with Crippen molar-refractivity contribution in [3.8, 4) is 11.4 Å². The highest BCUT2D eigenvalue weighted by Crippen LogP contribution is 2.52. The molecule has 1 saturated carbocycles. The average Bonchev–Trinajstić information content (AvgIpc) is 3.47. The highest BCUT2D eigenvalue weighted by molar-refractivity contribution is 7.92. The third-order valence-corrected chi connectivity index (χ3v) is 8.46. The summed E-state index contributed by atoms with van der Waals surface area (Å²) in [5.74, 6) is 1.07. The zero-order valence-corrected chi connectivity index (χ0v) is 18.6. The van der Waals surface area contributed by atoms with E-state index in [-0.39, 0.29) is 6.04 Å². The van der Waals surface area contributed by atoms with Gasteiger partial charge in [0, 0.05) is 42.2 Å². The van der Waals surface area contributed by atoms with Crippen LogP contribution in [0.15, 0.2) is 30.7 Å². The van der Waals surface area contributed by atoms with E-state index in [2.05, 4.69) is 16.8 Å². The van der Waals surface area contributed by atoms with Crippen molar-refractivity contribution >= 4 is 32.5 Å². The molecule has 1 saturated heterocycles. The second-order valence-electron chi connectivity index (χ2n) is 8.48. The predicted molar refractivity (Wildman–Crippen MR) is 120 cm³/mol. The molecular weight excluding hydrogens is 432 g/mol. The van der Waals surface area contributed by atoms with Gasteiger partial charge in [-0.05, 0) is 25.8 Å². The molecule has 0 aromatic carbocycles. The lowest BCUT2D eigenvalue weighted by molar-refractivity contribution is 0.0985. The molecule has 2 unspecified atom stereocenters. The van der Waals surface area contributed by atoms with Crippen LogP contribution in [-0.4, -0.2) is 67.0 Å². The number of aromatic nitrogens is 4. The summed E-state index contributed by atoms with van der Waals surface area (Å²) < 4.78 is 27.0. The largest absolute Gasteiger partial charge is 0.464 e. The lowest BCUT2D eigenvalue weighted by Gasteiger charge is -2.34. The molecule has 0 spiro atoms. The molecule has 0 amide bonds. The van der Waals surface area contributed by atoms with E-state index in [9.17, 15) is 14.1 Å². The minimum atomic E-state index is -2.88. The molecule has 168 valence electrons. The quantitative estimate of drug-likeness (QED) is 0.612. The second kappa shape index (κ2) is 7.24. The maximum atomic E-state index is 12.9. The second-order valence-corrected chi connectivity index (χ2v) is 10.9. The first-order valence-corrected chi connectivity index (χ1v) is 12.3. The molecule has 1 aliphatic carbocycles. The third-order valence-electron chi connectivity index (χ3n) is 6.35. The Kier molecular flexibility index (Phi) is 4.71. The number of morpholine rings is 1. The van der Waals surface area contributed by atoms with Crippen molar-refractivity contribution in [2.45, 2.75) is 30.6 Å². The number of ether oxygens (including phenoxy) is 1. The van der Waals surface area contributed by atoms with Crippen LogP contribution < -0.4 is 4.90 Å². The highest BCUT2D eigenvalue weighted by atomic mass is 32.2. The number of carbonyl (C=O) groups is 1. The van der Waals surface area contributed by atoms with E-state index in [0.717, 1.165) is 4.57 Å². The monoisotopic (exact) mass is 456 g/mol. The van der Waals surface area contributed by atoms with Crippen molar-refractivity contribution in [2.24, 2.45) is 0 Å². The number of pyridine rings is 1. The zero-order valence-electron chi connectivity index (χ0n) is 17.8. The number of hydrogen-bond acceptors (Lipinski definition) is 8. The summed E-state index contributed by atoms with van der Waals surface area (Å²) in [6, 6.07) is 3.65. The van der Waals surface area contributed by atoms with Gasteiger partial charge in [-0.25, -0.2) is 19.0 Å². The Morgan fingerprint density at radius 1 is 1.34 bits per heavy atom. The highest BCUT2D eigenvalue weighted by Gasteiger charge is 2.53. The SMILES string of the molecule is CC1COCCN1c1cc(C2(S(C)(=N)=O)CC2)nc(-c2cncc3c2ccn3C(=O)O)n1. The van der Waals surface area contributed by atoms with Gasteiger partial charge in [0.15, 0.2) is 5.82 Å². The molecule has 3 aromatic rings. The van der Waals surface area contributed by atoms with Crippen LogP contribution in [0.5, 0.6) is 0 Å². The molecule has 0 bridgehead atoms. The van der Waals surface area contributed by atoms with Gasteiger partial charge in [0.25, 0.3) is 0 Å². The molecule has 2 N–H and O–H groups in total. The molecule has 0 radical (unpaired) electrons. The average molecular weight is 457 g/mol. The van der Waals surface area contributed by atoms with Crippen molar-refractivity contribution in [3.63, 3.8) is 0 Å².